The lowest BCUT2D eigenvalue weighted by molar-refractivity contribution is -0.123. The highest BCUT2D eigenvalue weighted by Crippen LogP contribution is 2.39. The Morgan fingerprint density at radius 1 is 1.12 bits per heavy atom. The van der Waals surface area contributed by atoms with Crippen LogP contribution in [-0.4, -0.2) is 17.3 Å². The largest absolute Gasteiger partial charge is 0.298 e. The van der Waals surface area contributed by atoms with E-state index < -0.39 is 5.41 Å². The summed E-state index contributed by atoms with van der Waals surface area (Å²) in [7, 11) is 0. The summed E-state index contributed by atoms with van der Waals surface area (Å²) in [4.78, 5) is 37.9. The van der Waals surface area contributed by atoms with Crippen LogP contribution in [0.15, 0.2) is 60.7 Å². The number of benzene rings is 2. The Morgan fingerprint density at radius 3 is 2.44 bits per heavy atom. The van der Waals surface area contributed by atoms with Gasteiger partial charge in [0.2, 0.25) is 0 Å². The Bertz CT molecular complexity index is 880. The van der Waals surface area contributed by atoms with E-state index >= 15 is 0 Å². The molecule has 0 aliphatic heterocycles. The van der Waals surface area contributed by atoms with Crippen molar-refractivity contribution in [2.75, 3.05) is 0 Å². The monoisotopic (exact) mass is 352 g/mol. The van der Waals surface area contributed by atoms with E-state index in [1.54, 1.807) is 43.3 Å². The van der Waals surface area contributed by atoms with Crippen molar-refractivity contribution in [2.24, 2.45) is 5.41 Å². The van der Waals surface area contributed by atoms with E-state index in [1.165, 1.54) is 12.2 Å². The van der Waals surface area contributed by atoms with E-state index in [2.05, 4.69) is 0 Å². The maximum absolute atomic E-state index is 12.9. The molecule has 3 rings (SSSR count). The van der Waals surface area contributed by atoms with E-state index in [9.17, 15) is 14.4 Å². The molecule has 126 valence electrons. The Labute approximate surface area is 151 Å². The predicted octanol–water partition coefficient (Wildman–Crippen LogP) is 4.48. The number of allylic oxidation sites excluding steroid dienone is 2. The molecule has 4 heteroatoms. The maximum Gasteiger partial charge on any atom is 0.185 e. The molecule has 0 aromatic heterocycles. The second kappa shape index (κ2) is 6.77. The summed E-state index contributed by atoms with van der Waals surface area (Å²) in [5.74, 6) is -0.660. The van der Waals surface area contributed by atoms with Gasteiger partial charge in [-0.1, -0.05) is 48.9 Å². The van der Waals surface area contributed by atoms with Gasteiger partial charge in [0.25, 0.3) is 0 Å². The second-order valence-corrected chi connectivity index (χ2v) is 6.55. The first-order valence-electron chi connectivity index (χ1n) is 8.13. The van der Waals surface area contributed by atoms with Gasteiger partial charge >= 0.3 is 0 Å². The van der Waals surface area contributed by atoms with Crippen molar-refractivity contribution in [3.8, 4) is 0 Å². The normalized spacial score (nSPS) is 19.2. The SMILES string of the molecule is CCC(=O)[C@@]1(/C=C\C(=O)c2ccc(Cl)cc2)Cc2ccccc2C1=O. The van der Waals surface area contributed by atoms with Crippen LogP contribution in [0, 0.1) is 5.41 Å². The molecular formula is C21H17ClO3. The first-order valence-corrected chi connectivity index (χ1v) is 8.51. The average Bonchev–Trinajstić information content (AvgIpc) is 2.93. The van der Waals surface area contributed by atoms with Gasteiger partial charge in [0.05, 0.1) is 0 Å². The summed E-state index contributed by atoms with van der Waals surface area (Å²) in [5, 5.41) is 0.541. The van der Waals surface area contributed by atoms with Crippen molar-refractivity contribution in [2.45, 2.75) is 19.8 Å². The highest BCUT2D eigenvalue weighted by molar-refractivity contribution is 6.30. The summed E-state index contributed by atoms with van der Waals surface area (Å²) in [6.07, 6.45) is 3.36. The smallest absolute Gasteiger partial charge is 0.185 e. The first kappa shape index (κ1) is 17.3. The zero-order valence-corrected chi connectivity index (χ0v) is 14.5. The quantitative estimate of drug-likeness (QED) is 0.453. The molecule has 0 saturated heterocycles. The standard InChI is InChI=1S/C21H17ClO3/c1-2-19(24)21(13-15-5-3-4-6-17(15)20(21)25)12-11-18(23)14-7-9-16(22)10-8-14/h3-12H,2,13H2,1H3/b12-11-/t21-/m1/s1. The highest BCUT2D eigenvalue weighted by atomic mass is 35.5. The number of Topliss-reactive ketones (excluding diaryl/α,β-unsaturated/α-hetero) is 2. The molecule has 0 amide bonds. The lowest BCUT2D eigenvalue weighted by Crippen LogP contribution is -2.35. The molecule has 3 nitrogen and oxygen atoms in total. The van der Waals surface area contributed by atoms with E-state index in [0.717, 1.165) is 5.56 Å². The van der Waals surface area contributed by atoms with E-state index in [-0.39, 0.29) is 23.8 Å². The lowest BCUT2D eigenvalue weighted by Gasteiger charge is -2.21. The highest BCUT2D eigenvalue weighted by Gasteiger charge is 2.48. The Morgan fingerprint density at radius 2 is 1.80 bits per heavy atom. The van der Waals surface area contributed by atoms with Crippen molar-refractivity contribution in [3.63, 3.8) is 0 Å². The number of halogens is 1. The Kier molecular flexibility index (Phi) is 4.69. The van der Waals surface area contributed by atoms with Crippen LogP contribution < -0.4 is 0 Å². The lowest BCUT2D eigenvalue weighted by atomic mass is 9.77. The molecule has 0 saturated carbocycles. The van der Waals surface area contributed by atoms with Crippen LogP contribution in [0.3, 0.4) is 0 Å². The van der Waals surface area contributed by atoms with E-state index in [0.29, 0.717) is 22.6 Å². The molecule has 0 spiro atoms. The summed E-state index contributed by atoms with van der Waals surface area (Å²) in [6, 6.07) is 13.7. The number of hydrogen-bond acceptors (Lipinski definition) is 3. The third kappa shape index (κ3) is 3.08. The number of fused-ring (bicyclic) bond motifs is 1. The summed E-state index contributed by atoms with van der Waals surface area (Å²) >= 11 is 5.83. The minimum atomic E-state index is -1.28. The molecule has 2 aromatic carbocycles. The second-order valence-electron chi connectivity index (χ2n) is 6.12. The number of carbonyl (C=O) groups excluding carboxylic acids is 3. The van der Waals surface area contributed by atoms with Crippen molar-refractivity contribution in [1.82, 2.24) is 0 Å². The van der Waals surface area contributed by atoms with Gasteiger partial charge in [-0.25, -0.2) is 0 Å². The number of hydrogen-bond donors (Lipinski definition) is 0. The molecule has 0 N–H and O–H groups in total. The Balaban J connectivity index is 1.96. The van der Waals surface area contributed by atoms with E-state index in [4.69, 9.17) is 11.6 Å². The van der Waals surface area contributed by atoms with Crippen LogP contribution in [-0.2, 0) is 11.2 Å². The van der Waals surface area contributed by atoms with Gasteiger partial charge in [-0.3, -0.25) is 14.4 Å². The van der Waals surface area contributed by atoms with Gasteiger partial charge < -0.3 is 0 Å². The van der Waals surface area contributed by atoms with Gasteiger partial charge in [0, 0.05) is 22.6 Å². The molecule has 2 aromatic rings. The average molecular weight is 353 g/mol. The van der Waals surface area contributed by atoms with Crippen molar-refractivity contribution in [3.05, 3.63) is 82.4 Å². The molecule has 1 atom stereocenters. The fraction of sp³-hybridized carbons (Fsp3) is 0.190. The molecule has 25 heavy (non-hydrogen) atoms. The molecule has 0 fully saturated rings. The molecule has 0 unspecified atom stereocenters. The summed E-state index contributed by atoms with van der Waals surface area (Å²) in [5.41, 5.74) is 0.592. The van der Waals surface area contributed by atoms with Crippen LogP contribution in [0.4, 0.5) is 0 Å². The molecule has 0 bridgehead atoms. The van der Waals surface area contributed by atoms with Crippen LogP contribution in [0.25, 0.3) is 0 Å². The predicted molar refractivity (Wildman–Crippen MR) is 97.1 cm³/mol. The molecular weight excluding hydrogens is 336 g/mol. The minimum Gasteiger partial charge on any atom is -0.298 e. The van der Waals surface area contributed by atoms with E-state index in [1.807, 2.05) is 12.1 Å². The topological polar surface area (TPSA) is 51.2 Å². The molecule has 0 heterocycles. The Hall–Kier alpha value is -2.52. The third-order valence-corrected chi connectivity index (χ3v) is 4.86. The zero-order chi connectivity index (χ0) is 18.0. The van der Waals surface area contributed by atoms with Gasteiger partial charge in [0.1, 0.15) is 5.41 Å². The van der Waals surface area contributed by atoms with Gasteiger partial charge in [0.15, 0.2) is 17.3 Å². The van der Waals surface area contributed by atoms with Crippen LogP contribution in [0.5, 0.6) is 0 Å². The van der Waals surface area contributed by atoms with Crippen molar-refractivity contribution < 1.29 is 14.4 Å². The maximum atomic E-state index is 12.9. The fourth-order valence-corrected chi connectivity index (χ4v) is 3.34. The van der Waals surface area contributed by atoms with Gasteiger partial charge in [-0.15, -0.1) is 0 Å². The van der Waals surface area contributed by atoms with Crippen LogP contribution in [0.2, 0.25) is 5.02 Å². The molecule has 1 aliphatic carbocycles. The van der Waals surface area contributed by atoms with Crippen molar-refractivity contribution in [1.29, 1.82) is 0 Å². The number of ketones is 3. The summed E-state index contributed by atoms with van der Waals surface area (Å²) in [6.45, 7) is 1.73. The van der Waals surface area contributed by atoms with Crippen LogP contribution in [0.1, 0.15) is 39.6 Å². The summed E-state index contributed by atoms with van der Waals surface area (Å²) < 4.78 is 0. The van der Waals surface area contributed by atoms with Gasteiger partial charge in [-0.2, -0.15) is 0 Å². The third-order valence-electron chi connectivity index (χ3n) is 4.60. The number of rotatable bonds is 5. The van der Waals surface area contributed by atoms with Crippen molar-refractivity contribution >= 4 is 29.0 Å². The molecule has 1 aliphatic rings. The fourth-order valence-electron chi connectivity index (χ4n) is 3.21. The molecule has 0 radical (unpaired) electrons. The van der Waals surface area contributed by atoms with Gasteiger partial charge in [-0.05, 0) is 42.3 Å². The number of carbonyl (C=O) groups is 3. The van der Waals surface area contributed by atoms with Crippen LogP contribution >= 0.6 is 11.6 Å². The zero-order valence-electron chi connectivity index (χ0n) is 13.8. The first-order chi connectivity index (χ1) is 12.0. The minimum absolute atomic E-state index is 0.172.